The van der Waals surface area contributed by atoms with Crippen LogP contribution in [0.25, 0.3) is 0 Å². The fourth-order valence-electron chi connectivity index (χ4n) is 1.95. The van der Waals surface area contributed by atoms with Gasteiger partial charge in [-0.3, -0.25) is 4.79 Å². The van der Waals surface area contributed by atoms with Crippen molar-refractivity contribution in [1.29, 1.82) is 5.26 Å². The van der Waals surface area contributed by atoms with Crippen LogP contribution in [0.5, 0.6) is 0 Å². The fraction of sp³-hybridized carbons (Fsp3) is 0.111. The van der Waals surface area contributed by atoms with Crippen LogP contribution in [0.2, 0.25) is 5.02 Å². The average Bonchev–Trinajstić information content (AvgIpc) is 2.56. The SMILES string of the molecule is N#C/C(=C/NCCc1ccccc1)C(=O)Nc1cccc(Cl)c1. The molecule has 2 aromatic carbocycles. The Bertz CT molecular complexity index is 735. The molecular weight excluding hydrogens is 310 g/mol. The highest BCUT2D eigenvalue weighted by atomic mass is 35.5. The molecule has 0 spiro atoms. The maximum atomic E-state index is 12.0. The van der Waals surface area contributed by atoms with Gasteiger partial charge in [0.15, 0.2) is 0 Å². The van der Waals surface area contributed by atoms with E-state index < -0.39 is 5.91 Å². The third kappa shape index (κ3) is 5.50. The molecule has 0 saturated carbocycles. The van der Waals surface area contributed by atoms with Crippen LogP contribution in [0.1, 0.15) is 5.56 Å². The van der Waals surface area contributed by atoms with Gasteiger partial charge < -0.3 is 10.6 Å². The number of amides is 1. The highest BCUT2D eigenvalue weighted by Gasteiger charge is 2.09. The Hall–Kier alpha value is -2.77. The van der Waals surface area contributed by atoms with Gasteiger partial charge in [0.1, 0.15) is 11.6 Å². The van der Waals surface area contributed by atoms with Crippen LogP contribution in [-0.2, 0) is 11.2 Å². The molecule has 0 saturated heterocycles. The molecule has 5 heteroatoms. The number of carbonyl (C=O) groups is 1. The molecule has 0 aliphatic carbocycles. The second-order valence-electron chi connectivity index (χ2n) is 4.82. The minimum atomic E-state index is -0.470. The first-order chi connectivity index (χ1) is 11.2. The maximum Gasteiger partial charge on any atom is 0.267 e. The van der Waals surface area contributed by atoms with Gasteiger partial charge in [0.25, 0.3) is 5.91 Å². The first kappa shape index (κ1) is 16.6. The molecule has 2 N–H and O–H groups in total. The summed E-state index contributed by atoms with van der Waals surface area (Å²) in [5.74, 6) is -0.470. The molecule has 0 unspecified atom stereocenters. The number of nitriles is 1. The maximum absolute atomic E-state index is 12.0. The number of benzene rings is 2. The van der Waals surface area contributed by atoms with Gasteiger partial charge in [0.2, 0.25) is 0 Å². The van der Waals surface area contributed by atoms with Crippen molar-refractivity contribution in [3.05, 3.63) is 77.0 Å². The lowest BCUT2D eigenvalue weighted by molar-refractivity contribution is -0.112. The second-order valence-corrected chi connectivity index (χ2v) is 5.26. The van der Waals surface area contributed by atoms with Crippen molar-refractivity contribution in [3.63, 3.8) is 0 Å². The van der Waals surface area contributed by atoms with Crippen molar-refractivity contribution in [2.45, 2.75) is 6.42 Å². The molecule has 0 radical (unpaired) electrons. The molecule has 0 atom stereocenters. The first-order valence-electron chi connectivity index (χ1n) is 7.13. The minimum Gasteiger partial charge on any atom is -0.389 e. The van der Waals surface area contributed by atoms with Gasteiger partial charge in [-0.15, -0.1) is 0 Å². The van der Waals surface area contributed by atoms with Gasteiger partial charge in [-0.05, 0) is 30.2 Å². The highest BCUT2D eigenvalue weighted by Crippen LogP contribution is 2.15. The summed E-state index contributed by atoms with van der Waals surface area (Å²) in [6.07, 6.45) is 2.24. The summed E-state index contributed by atoms with van der Waals surface area (Å²) in [7, 11) is 0. The molecule has 0 heterocycles. The van der Waals surface area contributed by atoms with E-state index in [1.165, 1.54) is 11.8 Å². The van der Waals surface area contributed by atoms with Gasteiger partial charge in [0, 0.05) is 23.5 Å². The quantitative estimate of drug-likeness (QED) is 0.485. The van der Waals surface area contributed by atoms with Crippen molar-refractivity contribution in [2.24, 2.45) is 0 Å². The summed E-state index contributed by atoms with van der Waals surface area (Å²) in [6, 6.07) is 18.6. The van der Waals surface area contributed by atoms with Crippen molar-refractivity contribution in [2.75, 3.05) is 11.9 Å². The topological polar surface area (TPSA) is 64.9 Å². The third-order valence-electron chi connectivity index (χ3n) is 3.09. The summed E-state index contributed by atoms with van der Waals surface area (Å²) in [4.78, 5) is 12.0. The molecule has 1 amide bonds. The predicted molar refractivity (Wildman–Crippen MR) is 91.9 cm³/mol. The average molecular weight is 326 g/mol. The lowest BCUT2D eigenvalue weighted by Crippen LogP contribution is -2.18. The van der Waals surface area contributed by atoms with Crippen molar-refractivity contribution in [3.8, 4) is 6.07 Å². The van der Waals surface area contributed by atoms with Crippen LogP contribution in [0.3, 0.4) is 0 Å². The summed E-state index contributed by atoms with van der Waals surface area (Å²) in [5.41, 5.74) is 1.75. The second kappa shape index (κ2) is 8.62. The summed E-state index contributed by atoms with van der Waals surface area (Å²) in [6.45, 7) is 0.639. The van der Waals surface area contributed by atoms with Crippen LogP contribution in [0, 0.1) is 11.3 Å². The van der Waals surface area contributed by atoms with Gasteiger partial charge >= 0.3 is 0 Å². The smallest absolute Gasteiger partial charge is 0.267 e. The number of nitrogens with one attached hydrogen (secondary N) is 2. The zero-order chi connectivity index (χ0) is 16.5. The van der Waals surface area contributed by atoms with Crippen LogP contribution in [-0.4, -0.2) is 12.5 Å². The van der Waals surface area contributed by atoms with E-state index in [0.717, 1.165) is 6.42 Å². The van der Waals surface area contributed by atoms with Crippen LogP contribution < -0.4 is 10.6 Å². The number of halogens is 1. The molecule has 2 rings (SSSR count). The molecule has 0 aliphatic heterocycles. The minimum absolute atomic E-state index is 0.0121. The lowest BCUT2D eigenvalue weighted by Gasteiger charge is -2.05. The van der Waals surface area contributed by atoms with Crippen molar-refractivity contribution in [1.82, 2.24) is 5.32 Å². The molecule has 0 fully saturated rings. The van der Waals surface area contributed by atoms with Crippen molar-refractivity contribution < 1.29 is 4.79 Å². The Morgan fingerprint density at radius 1 is 1.17 bits per heavy atom. The van der Waals surface area contributed by atoms with E-state index in [-0.39, 0.29) is 5.57 Å². The van der Waals surface area contributed by atoms with E-state index in [1.807, 2.05) is 36.4 Å². The molecule has 0 bridgehead atoms. The number of hydrogen-bond donors (Lipinski definition) is 2. The number of nitrogens with zero attached hydrogens (tertiary/aromatic N) is 1. The van der Waals surface area contributed by atoms with Gasteiger partial charge in [-0.1, -0.05) is 48.0 Å². The Kier molecular flexibility index (Phi) is 6.22. The predicted octanol–water partition coefficient (Wildman–Crippen LogP) is 3.52. The lowest BCUT2D eigenvalue weighted by atomic mass is 10.1. The largest absolute Gasteiger partial charge is 0.389 e. The molecule has 4 nitrogen and oxygen atoms in total. The van der Waals surface area contributed by atoms with E-state index >= 15 is 0 Å². The first-order valence-corrected chi connectivity index (χ1v) is 7.51. The zero-order valence-electron chi connectivity index (χ0n) is 12.4. The Morgan fingerprint density at radius 3 is 2.65 bits per heavy atom. The van der Waals surface area contributed by atoms with E-state index in [0.29, 0.717) is 17.3 Å². The van der Waals surface area contributed by atoms with E-state index in [4.69, 9.17) is 16.9 Å². The number of rotatable bonds is 6. The molecular formula is C18H16ClN3O. The van der Waals surface area contributed by atoms with E-state index in [9.17, 15) is 4.79 Å². The standard InChI is InChI=1S/C18H16ClN3O/c19-16-7-4-8-17(11-16)22-18(23)15(12-20)13-21-10-9-14-5-2-1-3-6-14/h1-8,11,13,21H,9-10H2,(H,22,23)/b15-13-. The molecule has 2 aromatic rings. The molecule has 116 valence electrons. The zero-order valence-corrected chi connectivity index (χ0v) is 13.2. The third-order valence-corrected chi connectivity index (χ3v) is 3.33. The molecule has 23 heavy (non-hydrogen) atoms. The van der Waals surface area contributed by atoms with Gasteiger partial charge in [-0.25, -0.2) is 0 Å². The van der Waals surface area contributed by atoms with E-state index in [1.54, 1.807) is 24.3 Å². The number of carbonyl (C=O) groups excluding carboxylic acids is 1. The Balaban J connectivity index is 1.88. The summed E-state index contributed by atoms with van der Waals surface area (Å²) in [5, 5.41) is 15.2. The van der Waals surface area contributed by atoms with Crippen LogP contribution in [0.15, 0.2) is 66.4 Å². The summed E-state index contributed by atoms with van der Waals surface area (Å²) >= 11 is 5.86. The van der Waals surface area contributed by atoms with Crippen LogP contribution >= 0.6 is 11.6 Å². The normalized spacial score (nSPS) is 10.7. The van der Waals surface area contributed by atoms with Gasteiger partial charge in [0.05, 0.1) is 0 Å². The van der Waals surface area contributed by atoms with E-state index in [2.05, 4.69) is 10.6 Å². The van der Waals surface area contributed by atoms with Crippen LogP contribution in [0.4, 0.5) is 5.69 Å². The Morgan fingerprint density at radius 2 is 1.96 bits per heavy atom. The van der Waals surface area contributed by atoms with Crippen molar-refractivity contribution >= 4 is 23.2 Å². The number of anilines is 1. The van der Waals surface area contributed by atoms with Gasteiger partial charge in [-0.2, -0.15) is 5.26 Å². The number of hydrogen-bond acceptors (Lipinski definition) is 3. The molecule has 0 aliphatic rings. The fourth-order valence-corrected chi connectivity index (χ4v) is 2.14. The Labute approximate surface area is 140 Å². The summed E-state index contributed by atoms with van der Waals surface area (Å²) < 4.78 is 0. The molecule has 0 aromatic heterocycles. The highest BCUT2D eigenvalue weighted by molar-refractivity contribution is 6.31. The monoisotopic (exact) mass is 325 g/mol.